The van der Waals surface area contributed by atoms with E-state index < -0.39 is 28.9 Å². The van der Waals surface area contributed by atoms with E-state index in [4.69, 9.17) is 4.74 Å². The van der Waals surface area contributed by atoms with Gasteiger partial charge in [-0.2, -0.15) is 0 Å². The molecular formula is C17H15F2NO4. The Hall–Kier alpha value is -2.83. The van der Waals surface area contributed by atoms with E-state index >= 15 is 0 Å². The minimum Gasteiger partial charge on any atom is -0.459 e. The van der Waals surface area contributed by atoms with Gasteiger partial charge >= 0.3 is 5.97 Å². The summed E-state index contributed by atoms with van der Waals surface area (Å²) in [5, 5.41) is 0. The summed E-state index contributed by atoms with van der Waals surface area (Å²) in [5.74, 6) is -3.40. The maximum atomic E-state index is 13.2. The molecule has 0 atom stereocenters. The van der Waals surface area contributed by atoms with Crippen LogP contribution < -0.4 is 5.56 Å². The average molecular weight is 335 g/mol. The van der Waals surface area contributed by atoms with Gasteiger partial charge in [-0.05, 0) is 38.1 Å². The molecule has 0 amide bonds. The number of nitrogens with zero attached hydrogens (tertiary/aromatic N) is 1. The number of Topliss-reactive ketones (excluding diaryl/α,β-unsaturated/α-hetero) is 1. The summed E-state index contributed by atoms with van der Waals surface area (Å²) in [6.45, 7) is 3.00. The van der Waals surface area contributed by atoms with Gasteiger partial charge in [-0.25, -0.2) is 13.6 Å². The van der Waals surface area contributed by atoms with E-state index in [1.807, 2.05) is 0 Å². The van der Waals surface area contributed by atoms with Crippen LogP contribution in [-0.4, -0.2) is 22.4 Å². The molecule has 7 heteroatoms. The second-order valence-corrected chi connectivity index (χ2v) is 5.39. The highest BCUT2D eigenvalue weighted by molar-refractivity contribution is 5.96. The minimum atomic E-state index is -1.14. The lowest BCUT2D eigenvalue weighted by molar-refractivity contribution is 0.0377. The van der Waals surface area contributed by atoms with Crippen molar-refractivity contribution in [2.24, 2.45) is 0 Å². The van der Waals surface area contributed by atoms with Crippen molar-refractivity contribution in [2.75, 3.05) is 0 Å². The first-order chi connectivity index (χ1) is 11.3. The van der Waals surface area contributed by atoms with Gasteiger partial charge < -0.3 is 9.30 Å². The molecule has 24 heavy (non-hydrogen) atoms. The molecule has 5 nitrogen and oxygen atoms in total. The molecule has 0 radical (unpaired) electrons. The van der Waals surface area contributed by atoms with Gasteiger partial charge in [0.25, 0.3) is 5.56 Å². The first-order valence-electron chi connectivity index (χ1n) is 7.17. The summed E-state index contributed by atoms with van der Waals surface area (Å²) in [6, 6.07) is 5.17. The summed E-state index contributed by atoms with van der Waals surface area (Å²) >= 11 is 0. The third kappa shape index (κ3) is 4.13. The van der Waals surface area contributed by atoms with E-state index in [1.54, 1.807) is 13.8 Å². The molecule has 0 unspecified atom stereocenters. The van der Waals surface area contributed by atoms with Crippen LogP contribution >= 0.6 is 0 Å². The van der Waals surface area contributed by atoms with Crippen LogP contribution in [0.15, 0.2) is 41.3 Å². The van der Waals surface area contributed by atoms with Crippen molar-refractivity contribution in [3.05, 3.63) is 69.6 Å². The average Bonchev–Trinajstić information content (AvgIpc) is 2.51. The fraction of sp³-hybridized carbons (Fsp3) is 0.235. The number of halogens is 2. The molecule has 0 bridgehead atoms. The smallest absolute Gasteiger partial charge is 0.338 e. The second kappa shape index (κ2) is 7.16. The van der Waals surface area contributed by atoms with Gasteiger partial charge in [-0.3, -0.25) is 9.59 Å². The molecular weight excluding hydrogens is 320 g/mol. The van der Waals surface area contributed by atoms with Crippen LogP contribution in [0.2, 0.25) is 0 Å². The molecule has 2 rings (SSSR count). The van der Waals surface area contributed by atoms with Crippen LogP contribution in [0.5, 0.6) is 0 Å². The van der Waals surface area contributed by atoms with Crippen LogP contribution in [0.3, 0.4) is 0 Å². The number of rotatable bonds is 5. The van der Waals surface area contributed by atoms with Crippen LogP contribution in [0.25, 0.3) is 0 Å². The van der Waals surface area contributed by atoms with E-state index in [9.17, 15) is 23.2 Å². The third-order valence-corrected chi connectivity index (χ3v) is 3.13. The Morgan fingerprint density at radius 2 is 1.79 bits per heavy atom. The molecule has 1 aromatic heterocycles. The van der Waals surface area contributed by atoms with Crippen LogP contribution in [-0.2, 0) is 11.3 Å². The SMILES string of the molecule is CC(C)OC(=O)c1ccn(CC(=O)c2ccc(F)c(F)c2)c(=O)c1. The number of carbonyl (C=O) groups is 2. The van der Waals surface area contributed by atoms with Gasteiger partial charge in [-0.15, -0.1) is 0 Å². The second-order valence-electron chi connectivity index (χ2n) is 5.39. The number of benzene rings is 1. The summed E-state index contributed by atoms with van der Waals surface area (Å²) in [4.78, 5) is 35.8. The van der Waals surface area contributed by atoms with Gasteiger partial charge in [0, 0.05) is 17.8 Å². The van der Waals surface area contributed by atoms with E-state index in [0.717, 1.165) is 28.8 Å². The molecule has 0 spiro atoms. The molecule has 0 aliphatic heterocycles. The van der Waals surface area contributed by atoms with Gasteiger partial charge in [0.2, 0.25) is 0 Å². The normalized spacial score (nSPS) is 10.7. The van der Waals surface area contributed by atoms with Gasteiger partial charge in [0.15, 0.2) is 17.4 Å². The van der Waals surface area contributed by atoms with Crippen molar-refractivity contribution in [3.63, 3.8) is 0 Å². The van der Waals surface area contributed by atoms with E-state index in [-0.39, 0.29) is 23.8 Å². The zero-order valence-electron chi connectivity index (χ0n) is 13.1. The fourth-order valence-electron chi connectivity index (χ4n) is 1.96. The highest BCUT2D eigenvalue weighted by Crippen LogP contribution is 2.10. The van der Waals surface area contributed by atoms with Crippen molar-refractivity contribution in [1.29, 1.82) is 0 Å². The Bertz CT molecular complexity index is 843. The maximum absolute atomic E-state index is 13.2. The molecule has 2 aromatic rings. The lowest BCUT2D eigenvalue weighted by Gasteiger charge is -2.09. The van der Waals surface area contributed by atoms with Gasteiger partial charge in [-0.1, -0.05) is 0 Å². The Morgan fingerprint density at radius 3 is 2.38 bits per heavy atom. The summed E-state index contributed by atoms with van der Waals surface area (Å²) in [6.07, 6.45) is 0.951. The molecule has 0 saturated carbocycles. The molecule has 0 saturated heterocycles. The third-order valence-electron chi connectivity index (χ3n) is 3.13. The molecule has 1 aromatic carbocycles. The zero-order valence-corrected chi connectivity index (χ0v) is 13.1. The van der Waals surface area contributed by atoms with E-state index in [0.29, 0.717) is 0 Å². The summed E-state index contributed by atoms with van der Waals surface area (Å²) in [7, 11) is 0. The monoisotopic (exact) mass is 335 g/mol. The fourth-order valence-corrected chi connectivity index (χ4v) is 1.96. The number of ketones is 1. The molecule has 1 heterocycles. The van der Waals surface area contributed by atoms with Crippen LogP contribution in [0.1, 0.15) is 34.6 Å². The maximum Gasteiger partial charge on any atom is 0.338 e. The number of ether oxygens (including phenoxy) is 1. The Labute approximate surface area is 136 Å². The molecule has 0 fully saturated rings. The van der Waals surface area contributed by atoms with E-state index in [2.05, 4.69) is 0 Å². The van der Waals surface area contributed by atoms with Gasteiger partial charge in [0.1, 0.15) is 0 Å². The van der Waals surface area contributed by atoms with Crippen molar-refractivity contribution < 1.29 is 23.1 Å². The Kier molecular flexibility index (Phi) is 5.23. The Balaban J connectivity index is 2.18. The first-order valence-corrected chi connectivity index (χ1v) is 7.17. The summed E-state index contributed by atoms with van der Waals surface area (Å²) < 4.78 is 32.1. The standard InChI is InChI=1S/C17H15F2NO4/c1-10(2)24-17(23)12-5-6-20(16(22)8-12)9-15(21)11-3-4-13(18)14(19)7-11/h3-8,10H,9H2,1-2H3. The number of aromatic nitrogens is 1. The quantitative estimate of drug-likeness (QED) is 0.622. The number of hydrogen-bond acceptors (Lipinski definition) is 4. The van der Waals surface area contributed by atoms with Crippen LogP contribution in [0.4, 0.5) is 8.78 Å². The van der Waals surface area contributed by atoms with Crippen molar-refractivity contribution >= 4 is 11.8 Å². The minimum absolute atomic E-state index is 0.0518. The highest BCUT2D eigenvalue weighted by atomic mass is 19.2. The van der Waals surface area contributed by atoms with Crippen molar-refractivity contribution in [1.82, 2.24) is 4.57 Å². The molecule has 0 aliphatic carbocycles. The predicted octanol–water partition coefficient (Wildman–Crippen LogP) is 2.57. The van der Waals surface area contributed by atoms with Crippen molar-refractivity contribution in [3.8, 4) is 0 Å². The number of pyridine rings is 1. The lowest BCUT2D eigenvalue weighted by Crippen LogP contribution is -2.25. The lowest BCUT2D eigenvalue weighted by atomic mass is 10.1. The molecule has 0 aliphatic rings. The number of carbonyl (C=O) groups excluding carboxylic acids is 2. The van der Waals surface area contributed by atoms with Crippen LogP contribution in [0, 0.1) is 11.6 Å². The molecule has 126 valence electrons. The van der Waals surface area contributed by atoms with Crippen molar-refractivity contribution in [2.45, 2.75) is 26.5 Å². The molecule has 0 N–H and O–H groups in total. The largest absolute Gasteiger partial charge is 0.459 e. The first kappa shape index (κ1) is 17.5. The Morgan fingerprint density at radius 1 is 1.08 bits per heavy atom. The number of esters is 1. The predicted molar refractivity (Wildman–Crippen MR) is 81.9 cm³/mol. The number of hydrogen-bond donors (Lipinski definition) is 0. The zero-order chi connectivity index (χ0) is 17.9. The highest BCUT2D eigenvalue weighted by Gasteiger charge is 2.14. The summed E-state index contributed by atoms with van der Waals surface area (Å²) in [5.41, 5.74) is -0.557. The topological polar surface area (TPSA) is 65.4 Å². The van der Waals surface area contributed by atoms with E-state index in [1.165, 1.54) is 12.3 Å². The van der Waals surface area contributed by atoms with Gasteiger partial charge in [0.05, 0.1) is 18.2 Å².